The van der Waals surface area contributed by atoms with Crippen molar-refractivity contribution >= 4 is 17.5 Å². The molecule has 19 heavy (non-hydrogen) atoms. The van der Waals surface area contributed by atoms with Gasteiger partial charge in [-0.25, -0.2) is 4.98 Å². The molecule has 2 aromatic rings. The third-order valence-corrected chi connectivity index (χ3v) is 2.84. The molecular weight excluding hydrogens is 242 g/mol. The summed E-state index contributed by atoms with van der Waals surface area (Å²) in [7, 11) is 1.87. The quantitative estimate of drug-likeness (QED) is 0.765. The third-order valence-electron chi connectivity index (χ3n) is 2.84. The molecule has 1 aromatic carbocycles. The molecular formula is C13H17N5O. The number of aryl methyl sites for hydroxylation is 1. The van der Waals surface area contributed by atoms with Crippen molar-refractivity contribution in [2.45, 2.75) is 6.54 Å². The van der Waals surface area contributed by atoms with Gasteiger partial charge >= 0.3 is 0 Å². The second kappa shape index (κ2) is 5.43. The van der Waals surface area contributed by atoms with Crippen LogP contribution in [-0.4, -0.2) is 22.0 Å². The molecule has 6 heteroatoms. The highest BCUT2D eigenvalue weighted by atomic mass is 16.1. The molecule has 0 saturated heterocycles. The molecule has 4 N–H and O–H groups in total. The Kier molecular flexibility index (Phi) is 3.70. The molecule has 6 nitrogen and oxygen atoms in total. The Morgan fingerprint density at radius 2 is 2.16 bits per heavy atom. The van der Waals surface area contributed by atoms with Crippen molar-refractivity contribution in [1.82, 2.24) is 9.55 Å². The number of carbonyl (C=O) groups is 1. The molecule has 1 heterocycles. The minimum absolute atomic E-state index is 0.0964. The van der Waals surface area contributed by atoms with Gasteiger partial charge in [0, 0.05) is 31.7 Å². The lowest BCUT2D eigenvalue weighted by molar-refractivity contribution is -0.116. The molecule has 0 aliphatic rings. The molecule has 0 unspecified atom stereocenters. The number of anilines is 2. The maximum atomic E-state index is 11.2. The van der Waals surface area contributed by atoms with Crippen molar-refractivity contribution in [3.8, 4) is 0 Å². The van der Waals surface area contributed by atoms with Crippen LogP contribution in [0.25, 0.3) is 0 Å². The summed E-state index contributed by atoms with van der Waals surface area (Å²) in [6.07, 6.45) is 3.50. The second-order valence-electron chi connectivity index (χ2n) is 4.36. The van der Waals surface area contributed by atoms with Gasteiger partial charge in [0.25, 0.3) is 0 Å². The van der Waals surface area contributed by atoms with E-state index in [1.54, 1.807) is 11.1 Å². The van der Waals surface area contributed by atoms with E-state index >= 15 is 0 Å². The number of imidazole rings is 1. The fourth-order valence-corrected chi connectivity index (χ4v) is 1.93. The summed E-state index contributed by atoms with van der Waals surface area (Å²) >= 11 is 0. The first-order chi connectivity index (χ1) is 9.08. The molecule has 0 radical (unpaired) electrons. The van der Waals surface area contributed by atoms with E-state index in [4.69, 9.17) is 11.5 Å². The van der Waals surface area contributed by atoms with Crippen LogP contribution in [0.5, 0.6) is 0 Å². The summed E-state index contributed by atoms with van der Waals surface area (Å²) < 4.78 is 1.84. The first-order valence-electron chi connectivity index (χ1n) is 5.92. The molecule has 0 spiro atoms. The summed E-state index contributed by atoms with van der Waals surface area (Å²) in [5.41, 5.74) is 12.8. The SMILES string of the molecule is Cn1ccnc1N(CC(N)=O)Cc1ccccc1N. The van der Waals surface area contributed by atoms with Crippen LogP contribution in [0.3, 0.4) is 0 Å². The van der Waals surface area contributed by atoms with Crippen molar-refractivity contribution in [3.05, 3.63) is 42.2 Å². The average Bonchev–Trinajstić information content (AvgIpc) is 2.77. The smallest absolute Gasteiger partial charge is 0.237 e. The maximum Gasteiger partial charge on any atom is 0.237 e. The summed E-state index contributed by atoms with van der Waals surface area (Å²) in [6.45, 7) is 0.583. The summed E-state index contributed by atoms with van der Waals surface area (Å²) in [5.74, 6) is 0.277. The van der Waals surface area contributed by atoms with Crippen LogP contribution in [0, 0.1) is 0 Å². The Balaban J connectivity index is 2.27. The summed E-state index contributed by atoms with van der Waals surface area (Å²) in [5, 5.41) is 0. The first kappa shape index (κ1) is 12.9. The van der Waals surface area contributed by atoms with Gasteiger partial charge in [0.2, 0.25) is 11.9 Å². The zero-order valence-corrected chi connectivity index (χ0v) is 10.8. The van der Waals surface area contributed by atoms with Crippen LogP contribution < -0.4 is 16.4 Å². The molecule has 1 amide bonds. The minimum Gasteiger partial charge on any atom is -0.398 e. The highest BCUT2D eigenvalue weighted by molar-refractivity contribution is 5.79. The van der Waals surface area contributed by atoms with Gasteiger partial charge in [-0.05, 0) is 11.6 Å². The molecule has 100 valence electrons. The number of hydrogen-bond acceptors (Lipinski definition) is 4. The lowest BCUT2D eigenvalue weighted by atomic mass is 10.1. The molecule has 0 aliphatic carbocycles. The topological polar surface area (TPSA) is 90.2 Å². The standard InChI is InChI=1S/C13H17N5O/c1-17-7-6-16-13(17)18(9-12(15)19)8-10-4-2-3-5-11(10)14/h2-7H,8-9,14H2,1H3,(H2,15,19). The lowest BCUT2D eigenvalue weighted by Gasteiger charge is -2.22. The number of hydrogen-bond donors (Lipinski definition) is 2. The van der Waals surface area contributed by atoms with E-state index in [2.05, 4.69) is 4.98 Å². The van der Waals surface area contributed by atoms with Gasteiger partial charge in [-0.15, -0.1) is 0 Å². The van der Waals surface area contributed by atoms with E-state index in [0.717, 1.165) is 5.56 Å². The number of nitrogen functional groups attached to an aromatic ring is 1. The van der Waals surface area contributed by atoms with Crippen LogP contribution in [0.1, 0.15) is 5.56 Å². The predicted octanol–water partition coefficient (Wildman–Crippen LogP) is 0.494. The Morgan fingerprint density at radius 3 is 2.74 bits per heavy atom. The number of rotatable bonds is 5. The number of amides is 1. The number of aromatic nitrogens is 2. The number of para-hydroxylation sites is 1. The van der Waals surface area contributed by atoms with Crippen LogP contribution >= 0.6 is 0 Å². The van der Waals surface area contributed by atoms with Gasteiger partial charge in [-0.3, -0.25) is 4.79 Å². The molecule has 1 aromatic heterocycles. The van der Waals surface area contributed by atoms with Crippen molar-refractivity contribution < 1.29 is 4.79 Å². The summed E-state index contributed by atoms with van der Waals surface area (Å²) in [6, 6.07) is 7.53. The first-order valence-corrected chi connectivity index (χ1v) is 5.92. The van der Waals surface area contributed by atoms with Crippen LogP contribution in [0.2, 0.25) is 0 Å². The van der Waals surface area contributed by atoms with Gasteiger partial charge in [-0.2, -0.15) is 0 Å². The van der Waals surface area contributed by atoms with Gasteiger partial charge in [-0.1, -0.05) is 18.2 Å². The fourth-order valence-electron chi connectivity index (χ4n) is 1.93. The van der Waals surface area contributed by atoms with Crippen molar-refractivity contribution in [2.24, 2.45) is 12.8 Å². The zero-order chi connectivity index (χ0) is 13.8. The van der Waals surface area contributed by atoms with Gasteiger partial charge < -0.3 is 20.9 Å². The molecule has 0 fully saturated rings. The number of carbonyl (C=O) groups excluding carboxylic acids is 1. The highest BCUT2D eigenvalue weighted by Crippen LogP contribution is 2.17. The zero-order valence-electron chi connectivity index (χ0n) is 10.8. The van der Waals surface area contributed by atoms with Gasteiger partial charge in [0.05, 0.1) is 6.54 Å². The Hall–Kier alpha value is -2.50. The van der Waals surface area contributed by atoms with E-state index < -0.39 is 5.91 Å². The van der Waals surface area contributed by atoms with Crippen LogP contribution in [-0.2, 0) is 18.4 Å². The third kappa shape index (κ3) is 3.04. The van der Waals surface area contributed by atoms with Crippen LogP contribution in [0.4, 0.5) is 11.6 Å². The number of nitrogens with two attached hydrogens (primary N) is 2. The van der Waals surface area contributed by atoms with Crippen molar-refractivity contribution in [3.63, 3.8) is 0 Å². The number of nitrogens with zero attached hydrogens (tertiary/aromatic N) is 3. The normalized spacial score (nSPS) is 10.4. The van der Waals surface area contributed by atoms with Gasteiger partial charge in [0.15, 0.2) is 0 Å². The molecule has 0 atom stereocenters. The number of benzene rings is 1. The number of primary amides is 1. The second-order valence-corrected chi connectivity index (χ2v) is 4.36. The van der Waals surface area contributed by atoms with Crippen molar-refractivity contribution in [1.29, 1.82) is 0 Å². The monoisotopic (exact) mass is 259 g/mol. The summed E-state index contributed by atoms with van der Waals surface area (Å²) in [4.78, 5) is 17.2. The van der Waals surface area contributed by atoms with E-state index in [0.29, 0.717) is 18.2 Å². The largest absolute Gasteiger partial charge is 0.398 e. The molecule has 0 saturated carbocycles. The molecule has 0 bridgehead atoms. The fraction of sp³-hybridized carbons (Fsp3) is 0.231. The van der Waals surface area contributed by atoms with Gasteiger partial charge in [0.1, 0.15) is 0 Å². The minimum atomic E-state index is -0.405. The van der Waals surface area contributed by atoms with E-state index in [9.17, 15) is 4.79 Å². The highest BCUT2D eigenvalue weighted by Gasteiger charge is 2.15. The average molecular weight is 259 g/mol. The maximum absolute atomic E-state index is 11.2. The van der Waals surface area contributed by atoms with E-state index in [1.165, 1.54) is 0 Å². The Labute approximate surface area is 111 Å². The molecule has 0 aliphatic heterocycles. The van der Waals surface area contributed by atoms with Crippen molar-refractivity contribution in [2.75, 3.05) is 17.2 Å². The predicted molar refractivity (Wildman–Crippen MR) is 74.3 cm³/mol. The van der Waals surface area contributed by atoms with Crippen LogP contribution in [0.15, 0.2) is 36.7 Å². The Morgan fingerprint density at radius 1 is 1.42 bits per heavy atom. The lowest BCUT2D eigenvalue weighted by Crippen LogP contribution is -2.35. The van der Waals surface area contributed by atoms with E-state index in [1.807, 2.05) is 42.1 Å². The van der Waals surface area contributed by atoms with E-state index in [-0.39, 0.29) is 6.54 Å². The Bertz CT molecular complexity index is 578. The molecule has 2 rings (SSSR count).